The fourth-order valence-electron chi connectivity index (χ4n) is 2.04. The van der Waals surface area contributed by atoms with Crippen LogP contribution in [-0.2, 0) is 6.42 Å². The van der Waals surface area contributed by atoms with E-state index in [0.717, 1.165) is 18.6 Å². The number of furan rings is 1. The molecule has 0 amide bonds. The van der Waals surface area contributed by atoms with Crippen LogP contribution in [0.4, 0.5) is 0 Å². The minimum absolute atomic E-state index is 0.451. The number of methoxy groups -OCH3 is 2. The molecule has 0 fully saturated rings. The zero-order chi connectivity index (χ0) is 13.2. The normalized spacial score (nSPS) is 13.2. The summed E-state index contributed by atoms with van der Waals surface area (Å²) in [7, 11) is 3.11. The summed E-state index contributed by atoms with van der Waals surface area (Å²) in [6, 6.07) is 3.61. The molecule has 2 aromatic heterocycles. The van der Waals surface area contributed by atoms with Gasteiger partial charge in [-0.3, -0.25) is 0 Å². The van der Waals surface area contributed by atoms with Crippen LogP contribution in [0, 0.1) is 0 Å². The first-order valence-electron chi connectivity index (χ1n) is 6.07. The van der Waals surface area contributed by atoms with Gasteiger partial charge in [0, 0.05) is 0 Å². The zero-order valence-corrected chi connectivity index (χ0v) is 10.8. The summed E-state index contributed by atoms with van der Waals surface area (Å²) in [6.45, 7) is 0. The summed E-state index contributed by atoms with van der Waals surface area (Å²) >= 11 is 0. The summed E-state index contributed by atoms with van der Waals surface area (Å²) in [5.41, 5.74) is 1.18. The van der Waals surface area contributed by atoms with Crippen LogP contribution in [0.3, 0.4) is 0 Å². The largest absolute Gasteiger partial charge is 0.481 e. The highest BCUT2D eigenvalue weighted by Gasteiger charge is 2.16. The first kappa shape index (κ1) is 11.8. The third-order valence-electron chi connectivity index (χ3n) is 3.01. The number of nitrogens with zero attached hydrogens (tertiary/aromatic N) is 2. The molecule has 1 aliphatic rings. The molecule has 0 N–H and O–H groups in total. The predicted octanol–water partition coefficient (Wildman–Crippen LogP) is 2.71. The number of fused-ring (bicyclic) bond motifs is 1. The van der Waals surface area contributed by atoms with E-state index in [1.54, 1.807) is 20.3 Å². The van der Waals surface area contributed by atoms with Gasteiger partial charge in [0.2, 0.25) is 17.6 Å². The van der Waals surface area contributed by atoms with Crippen molar-refractivity contribution in [2.24, 2.45) is 0 Å². The van der Waals surface area contributed by atoms with Gasteiger partial charge in [-0.2, -0.15) is 9.97 Å². The van der Waals surface area contributed by atoms with E-state index >= 15 is 0 Å². The molecule has 0 aromatic carbocycles. The first-order valence-corrected chi connectivity index (χ1v) is 6.07. The van der Waals surface area contributed by atoms with Crippen LogP contribution < -0.4 is 9.47 Å². The molecule has 5 nitrogen and oxygen atoms in total. The van der Waals surface area contributed by atoms with E-state index < -0.39 is 0 Å². The Hall–Kier alpha value is -2.30. The number of aryl methyl sites for hydroxylation is 1. The Bertz CT molecular complexity index is 609. The number of hydrogen-bond acceptors (Lipinski definition) is 5. The summed E-state index contributed by atoms with van der Waals surface area (Å²) in [5, 5.41) is 0. The van der Waals surface area contributed by atoms with Crippen LogP contribution in [0.15, 0.2) is 22.6 Å². The molecule has 0 radical (unpaired) electrons. The van der Waals surface area contributed by atoms with E-state index in [2.05, 4.69) is 16.0 Å². The summed E-state index contributed by atoms with van der Waals surface area (Å²) in [6.07, 6.45) is 6.10. The lowest BCUT2D eigenvalue weighted by molar-refractivity contribution is 0.371. The third-order valence-corrected chi connectivity index (χ3v) is 3.01. The Labute approximate surface area is 110 Å². The Balaban J connectivity index is 2.06. The Kier molecular flexibility index (Phi) is 2.95. The van der Waals surface area contributed by atoms with Gasteiger partial charge in [-0.1, -0.05) is 6.08 Å². The van der Waals surface area contributed by atoms with Gasteiger partial charge in [0.1, 0.15) is 5.76 Å². The molecule has 0 saturated carbocycles. The molecule has 0 bridgehead atoms. The number of ether oxygens (including phenoxy) is 2. The molecule has 19 heavy (non-hydrogen) atoms. The average molecular weight is 258 g/mol. The maximum atomic E-state index is 5.77. The minimum Gasteiger partial charge on any atom is -0.481 e. The smallest absolute Gasteiger partial charge is 0.220 e. The van der Waals surface area contributed by atoms with E-state index in [1.807, 2.05) is 12.1 Å². The van der Waals surface area contributed by atoms with Crippen LogP contribution in [0.5, 0.6) is 11.8 Å². The van der Waals surface area contributed by atoms with Crippen molar-refractivity contribution in [3.05, 3.63) is 29.5 Å². The van der Waals surface area contributed by atoms with Crippen molar-refractivity contribution < 1.29 is 13.9 Å². The van der Waals surface area contributed by atoms with E-state index in [4.69, 9.17) is 13.9 Å². The second-order valence-electron chi connectivity index (χ2n) is 4.22. The van der Waals surface area contributed by atoms with Crippen LogP contribution in [0.1, 0.15) is 17.7 Å². The molecular formula is C14H14N2O3. The summed E-state index contributed by atoms with van der Waals surface area (Å²) < 4.78 is 16.0. The highest BCUT2D eigenvalue weighted by molar-refractivity contribution is 5.59. The van der Waals surface area contributed by atoms with Crippen LogP contribution in [0.2, 0.25) is 0 Å². The third kappa shape index (κ3) is 2.19. The number of rotatable bonds is 3. The molecule has 98 valence electrons. The minimum atomic E-state index is 0.451. The fourth-order valence-corrected chi connectivity index (χ4v) is 2.04. The Morgan fingerprint density at radius 2 is 1.84 bits per heavy atom. The topological polar surface area (TPSA) is 57.4 Å². The molecule has 0 spiro atoms. The molecule has 3 rings (SSSR count). The van der Waals surface area contributed by atoms with Gasteiger partial charge in [0.05, 0.1) is 20.3 Å². The van der Waals surface area contributed by atoms with Gasteiger partial charge in [0.15, 0.2) is 5.76 Å². The highest BCUT2D eigenvalue weighted by Crippen LogP contribution is 2.29. The van der Waals surface area contributed by atoms with Crippen LogP contribution in [-0.4, -0.2) is 24.2 Å². The second kappa shape index (κ2) is 4.76. The lowest BCUT2D eigenvalue weighted by Gasteiger charge is -2.04. The monoisotopic (exact) mass is 258 g/mol. The molecule has 1 aliphatic carbocycles. The van der Waals surface area contributed by atoms with Crippen molar-refractivity contribution >= 4 is 6.08 Å². The van der Waals surface area contributed by atoms with Gasteiger partial charge in [-0.25, -0.2) is 0 Å². The molecule has 0 atom stereocenters. The van der Waals surface area contributed by atoms with Crippen molar-refractivity contribution in [2.45, 2.75) is 12.8 Å². The number of aromatic nitrogens is 2. The molecule has 0 unspecified atom stereocenters. The zero-order valence-electron chi connectivity index (χ0n) is 10.8. The van der Waals surface area contributed by atoms with E-state index in [0.29, 0.717) is 23.3 Å². The standard InChI is InChI=1S/C14H14N2O3/c1-17-12-8-13(18-2)16-14(15-12)11-7-9-5-3-4-6-10(9)19-11/h4,6-8H,3,5H2,1-2H3. The molecule has 2 heterocycles. The van der Waals surface area contributed by atoms with E-state index in [9.17, 15) is 0 Å². The van der Waals surface area contributed by atoms with Gasteiger partial charge in [-0.05, 0) is 30.5 Å². The first-order chi connectivity index (χ1) is 9.30. The molecular weight excluding hydrogens is 244 g/mol. The van der Waals surface area contributed by atoms with Crippen LogP contribution >= 0.6 is 0 Å². The Morgan fingerprint density at radius 3 is 2.47 bits per heavy atom. The SMILES string of the molecule is COc1cc(OC)nc(-c2cc3c(o2)C=CCC3)n1. The predicted molar refractivity (Wildman–Crippen MR) is 70.2 cm³/mol. The second-order valence-corrected chi connectivity index (χ2v) is 4.22. The van der Waals surface area contributed by atoms with Crippen molar-refractivity contribution in [3.8, 4) is 23.3 Å². The van der Waals surface area contributed by atoms with Crippen molar-refractivity contribution in [3.63, 3.8) is 0 Å². The molecule has 0 saturated heterocycles. The molecule has 2 aromatic rings. The highest BCUT2D eigenvalue weighted by atomic mass is 16.5. The van der Waals surface area contributed by atoms with E-state index in [-0.39, 0.29) is 0 Å². The van der Waals surface area contributed by atoms with Gasteiger partial charge >= 0.3 is 0 Å². The number of hydrogen-bond donors (Lipinski definition) is 0. The quantitative estimate of drug-likeness (QED) is 0.847. The van der Waals surface area contributed by atoms with Gasteiger partial charge < -0.3 is 13.9 Å². The van der Waals surface area contributed by atoms with Gasteiger partial charge in [0.25, 0.3) is 0 Å². The Morgan fingerprint density at radius 1 is 1.11 bits per heavy atom. The number of allylic oxidation sites excluding steroid dienone is 1. The lowest BCUT2D eigenvalue weighted by Crippen LogP contribution is -1.96. The average Bonchev–Trinajstić information content (AvgIpc) is 2.90. The lowest BCUT2D eigenvalue weighted by atomic mass is 10.1. The van der Waals surface area contributed by atoms with Crippen molar-refractivity contribution in [1.82, 2.24) is 9.97 Å². The molecule has 0 aliphatic heterocycles. The van der Waals surface area contributed by atoms with Crippen molar-refractivity contribution in [1.29, 1.82) is 0 Å². The fraction of sp³-hybridized carbons (Fsp3) is 0.286. The summed E-state index contributed by atoms with van der Waals surface area (Å²) in [4.78, 5) is 8.56. The van der Waals surface area contributed by atoms with E-state index in [1.165, 1.54) is 5.56 Å². The van der Waals surface area contributed by atoms with Crippen molar-refractivity contribution in [2.75, 3.05) is 14.2 Å². The molecule has 5 heteroatoms. The maximum Gasteiger partial charge on any atom is 0.220 e. The van der Waals surface area contributed by atoms with Gasteiger partial charge in [-0.15, -0.1) is 0 Å². The summed E-state index contributed by atoms with van der Waals surface area (Å²) in [5.74, 6) is 2.89. The maximum absolute atomic E-state index is 5.77. The van der Waals surface area contributed by atoms with Crippen LogP contribution in [0.25, 0.3) is 17.7 Å².